The number of benzene rings is 3. The second-order valence-electron chi connectivity index (χ2n) is 8.72. The molecule has 3 aromatic carbocycles. The molecular weight excluding hydrogens is 466 g/mol. The van der Waals surface area contributed by atoms with Gasteiger partial charge >= 0.3 is 0 Å². The van der Waals surface area contributed by atoms with Crippen LogP contribution in [0.4, 0.5) is 0 Å². The Bertz CT molecular complexity index is 1790. The molecule has 6 rings (SSSR count). The van der Waals surface area contributed by atoms with E-state index in [0.717, 1.165) is 11.1 Å². The van der Waals surface area contributed by atoms with Gasteiger partial charge in [-0.15, -0.1) is 0 Å². The fourth-order valence-corrected chi connectivity index (χ4v) is 4.80. The first-order valence-electron chi connectivity index (χ1n) is 12.0. The van der Waals surface area contributed by atoms with Gasteiger partial charge in [0.25, 0.3) is 5.56 Å². The Hall–Kier alpha value is -4.78. The van der Waals surface area contributed by atoms with Crippen molar-refractivity contribution in [2.24, 2.45) is 0 Å². The quantitative estimate of drug-likeness (QED) is 0.297. The summed E-state index contributed by atoms with van der Waals surface area (Å²) < 4.78 is 21.0. The summed E-state index contributed by atoms with van der Waals surface area (Å²) in [6, 6.07) is 27.4. The van der Waals surface area contributed by atoms with Crippen molar-refractivity contribution in [3.8, 4) is 17.2 Å². The predicted octanol–water partition coefficient (Wildman–Crippen LogP) is 5.45. The zero-order valence-electron chi connectivity index (χ0n) is 20.5. The van der Waals surface area contributed by atoms with Gasteiger partial charge in [0.2, 0.25) is 0 Å². The maximum atomic E-state index is 14.1. The normalized spacial score (nSPS) is 11.3. The molecule has 0 radical (unpaired) electrons. The fourth-order valence-electron chi connectivity index (χ4n) is 4.80. The Labute approximate surface area is 213 Å². The van der Waals surface area contributed by atoms with Crippen LogP contribution in [0.3, 0.4) is 0 Å². The second-order valence-corrected chi connectivity index (χ2v) is 8.72. The Kier molecular flexibility index (Phi) is 5.73. The van der Waals surface area contributed by atoms with E-state index in [9.17, 15) is 4.79 Å². The first-order valence-corrected chi connectivity index (χ1v) is 12.0. The molecule has 6 aromatic rings. The van der Waals surface area contributed by atoms with Gasteiger partial charge in [-0.3, -0.25) is 13.8 Å². The lowest BCUT2D eigenvalue weighted by Crippen LogP contribution is -2.23. The first kappa shape index (κ1) is 22.7. The molecule has 0 aliphatic carbocycles. The molecule has 0 spiro atoms. The average molecular weight is 492 g/mol. The molecule has 0 aliphatic rings. The third-order valence-corrected chi connectivity index (χ3v) is 6.53. The Morgan fingerprint density at radius 3 is 2.22 bits per heavy atom. The van der Waals surface area contributed by atoms with E-state index >= 15 is 0 Å². The van der Waals surface area contributed by atoms with Crippen LogP contribution in [0.15, 0.2) is 95.9 Å². The van der Waals surface area contributed by atoms with Crippen molar-refractivity contribution in [1.82, 2.24) is 14.0 Å². The van der Waals surface area contributed by atoms with Crippen molar-refractivity contribution >= 4 is 27.6 Å². The molecule has 3 heterocycles. The van der Waals surface area contributed by atoms with Gasteiger partial charge in [0, 0.05) is 11.6 Å². The summed E-state index contributed by atoms with van der Waals surface area (Å²) in [5.74, 6) is 1.52. The lowest BCUT2D eigenvalue weighted by Gasteiger charge is -2.15. The van der Waals surface area contributed by atoms with Gasteiger partial charge in [0.1, 0.15) is 17.8 Å². The second kappa shape index (κ2) is 9.35. The van der Waals surface area contributed by atoms with E-state index in [1.807, 2.05) is 89.5 Å². The highest BCUT2D eigenvalue weighted by Crippen LogP contribution is 2.37. The standard InChI is InChI=1S/C30H25N3O4/c1-35-23-16-15-22-25(27(23)36-2)30(34)33(18-20-10-5-3-6-11-20)29-26(22)31-28-24(14-9-17-32(28)29)37-19-21-12-7-4-8-13-21/h3-17H,18-19H2,1-2H3. The summed E-state index contributed by atoms with van der Waals surface area (Å²) in [6.45, 7) is 0.779. The third-order valence-electron chi connectivity index (χ3n) is 6.53. The van der Waals surface area contributed by atoms with Gasteiger partial charge < -0.3 is 14.2 Å². The van der Waals surface area contributed by atoms with E-state index in [0.29, 0.717) is 58.0 Å². The molecular formula is C30H25N3O4. The molecule has 184 valence electrons. The molecule has 7 nitrogen and oxygen atoms in total. The minimum absolute atomic E-state index is 0.181. The number of hydrogen-bond donors (Lipinski definition) is 0. The van der Waals surface area contributed by atoms with E-state index in [4.69, 9.17) is 19.2 Å². The molecule has 0 N–H and O–H groups in total. The number of fused-ring (bicyclic) bond motifs is 5. The number of methoxy groups -OCH3 is 2. The fraction of sp³-hybridized carbons (Fsp3) is 0.133. The molecule has 0 fully saturated rings. The summed E-state index contributed by atoms with van der Waals surface area (Å²) in [5, 5.41) is 1.13. The monoisotopic (exact) mass is 491 g/mol. The number of aromatic nitrogens is 3. The van der Waals surface area contributed by atoms with Crippen LogP contribution in [0.1, 0.15) is 11.1 Å². The lowest BCUT2D eigenvalue weighted by atomic mass is 10.1. The van der Waals surface area contributed by atoms with Crippen LogP contribution in [0.2, 0.25) is 0 Å². The van der Waals surface area contributed by atoms with Gasteiger partial charge in [0.15, 0.2) is 22.9 Å². The van der Waals surface area contributed by atoms with Crippen LogP contribution in [0, 0.1) is 0 Å². The molecule has 0 unspecified atom stereocenters. The maximum absolute atomic E-state index is 14.1. The van der Waals surface area contributed by atoms with Gasteiger partial charge in [-0.2, -0.15) is 0 Å². The molecule has 3 aromatic heterocycles. The van der Waals surface area contributed by atoms with Crippen LogP contribution in [0.25, 0.3) is 27.6 Å². The Morgan fingerprint density at radius 1 is 0.784 bits per heavy atom. The highest BCUT2D eigenvalue weighted by atomic mass is 16.5. The summed E-state index contributed by atoms with van der Waals surface area (Å²) in [7, 11) is 3.10. The van der Waals surface area contributed by atoms with E-state index in [1.165, 1.54) is 0 Å². The SMILES string of the molecule is COc1ccc2c(c1OC)c(=O)n(Cc1ccccc1)c1c2nc2c(OCc3ccccc3)cccn21. The van der Waals surface area contributed by atoms with Crippen LogP contribution in [-0.2, 0) is 13.2 Å². The lowest BCUT2D eigenvalue weighted by molar-refractivity contribution is 0.308. The number of imidazole rings is 1. The number of nitrogens with zero attached hydrogens (tertiary/aromatic N) is 3. The van der Waals surface area contributed by atoms with Crippen LogP contribution < -0.4 is 19.8 Å². The van der Waals surface area contributed by atoms with Gasteiger partial charge in [-0.05, 0) is 35.4 Å². The predicted molar refractivity (Wildman–Crippen MR) is 144 cm³/mol. The average Bonchev–Trinajstić information content (AvgIpc) is 3.34. The molecule has 0 aliphatic heterocycles. The van der Waals surface area contributed by atoms with Crippen molar-refractivity contribution in [3.05, 3.63) is 113 Å². The zero-order valence-corrected chi connectivity index (χ0v) is 20.5. The van der Waals surface area contributed by atoms with Crippen molar-refractivity contribution < 1.29 is 14.2 Å². The zero-order chi connectivity index (χ0) is 25.4. The van der Waals surface area contributed by atoms with Crippen molar-refractivity contribution in [2.75, 3.05) is 14.2 Å². The van der Waals surface area contributed by atoms with E-state index < -0.39 is 0 Å². The summed E-state index contributed by atoms with van der Waals surface area (Å²) in [5.41, 5.74) is 3.88. The number of hydrogen-bond acceptors (Lipinski definition) is 5. The Balaban J connectivity index is 1.64. The van der Waals surface area contributed by atoms with Crippen LogP contribution in [0.5, 0.6) is 17.2 Å². The number of rotatable bonds is 7. The number of ether oxygens (including phenoxy) is 3. The highest BCUT2D eigenvalue weighted by Gasteiger charge is 2.22. The minimum Gasteiger partial charge on any atom is -0.493 e. The van der Waals surface area contributed by atoms with Crippen molar-refractivity contribution in [1.29, 1.82) is 0 Å². The van der Waals surface area contributed by atoms with Gasteiger partial charge in [-0.1, -0.05) is 60.7 Å². The largest absolute Gasteiger partial charge is 0.493 e. The van der Waals surface area contributed by atoms with Crippen LogP contribution >= 0.6 is 0 Å². The molecule has 0 bridgehead atoms. The highest BCUT2D eigenvalue weighted by molar-refractivity contribution is 6.07. The van der Waals surface area contributed by atoms with Crippen molar-refractivity contribution in [2.45, 2.75) is 13.2 Å². The van der Waals surface area contributed by atoms with E-state index in [2.05, 4.69) is 0 Å². The first-order chi connectivity index (χ1) is 18.2. The Morgan fingerprint density at radius 2 is 1.51 bits per heavy atom. The minimum atomic E-state index is -0.181. The van der Waals surface area contributed by atoms with Gasteiger partial charge in [0.05, 0.1) is 26.2 Å². The molecule has 7 heteroatoms. The maximum Gasteiger partial charge on any atom is 0.264 e. The molecule has 0 saturated carbocycles. The summed E-state index contributed by atoms with van der Waals surface area (Å²) >= 11 is 0. The van der Waals surface area contributed by atoms with Crippen LogP contribution in [-0.4, -0.2) is 28.2 Å². The number of pyridine rings is 2. The smallest absolute Gasteiger partial charge is 0.264 e. The third kappa shape index (κ3) is 3.85. The summed E-state index contributed by atoms with van der Waals surface area (Å²) in [4.78, 5) is 19.1. The molecule has 0 saturated heterocycles. The molecule has 0 amide bonds. The van der Waals surface area contributed by atoms with Gasteiger partial charge in [-0.25, -0.2) is 4.98 Å². The molecule has 37 heavy (non-hydrogen) atoms. The van der Waals surface area contributed by atoms with E-state index in [1.54, 1.807) is 24.9 Å². The molecule has 0 atom stereocenters. The summed E-state index contributed by atoms with van der Waals surface area (Å²) in [6.07, 6.45) is 1.91. The van der Waals surface area contributed by atoms with E-state index in [-0.39, 0.29) is 5.56 Å². The topological polar surface area (TPSA) is 67.0 Å². The van der Waals surface area contributed by atoms with Crippen molar-refractivity contribution in [3.63, 3.8) is 0 Å².